The SMILES string of the molecule is CCCCCC(C)NC(=O)COc1ccc(C)cc1OC. The molecule has 0 aliphatic rings. The van der Waals surface area contributed by atoms with Gasteiger partial charge in [-0.2, -0.15) is 0 Å². The predicted molar refractivity (Wildman–Crippen MR) is 85.0 cm³/mol. The van der Waals surface area contributed by atoms with Crippen LogP contribution in [-0.4, -0.2) is 25.7 Å². The Morgan fingerprint density at radius 2 is 2.05 bits per heavy atom. The summed E-state index contributed by atoms with van der Waals surface area (Å²) in [6, 6.07) is 5.84. The van der Waals surface area contributed by atoms with Gasteiger partial charge in [0.2, 0.25) is 0 Å². The fourth-order valence-corrected chi connectivity index (χ4v) is 2.13. The molecular formula is C17H27NO3. The van der Waals surface area contributed by atoms with Gasteiger partial charge in [0, 0.05) is 6.04 Å². The van der Waals surface area contributed by atoms with Crippen LogP contribution in [0.5, 0.6) is 11.5 Å². The van der Waals surface area contributed by atoms with E-state index in [-0.39, 0.29) is 18.6 Å². The highest BCUT2D eigenvalue weighted by atomic mass is 16.5. The zero-order chi connectivity index (χ0) is 15.7. The molecule has 1 amide bonds. The Labute approximate surface area is 127 Å². The van der Waals surface area contributed by atoms with Crippen molar-refractivity contribution in [3.63, 3.8) is 0 Å². The van der Waals surface area contributed by atoms with E-state index in [1.165, 1.54) is 12.8 Å². The van der Waals surface area contributed by atoms with Crippen LogP contribution in [0, 0.1) is 6.92 Å². The fourth-order valence-electron chi connectivity index (χ4n) is 2.13. The molecule has 1 unspecified atom stereocenters. The van der Waals surface area contributed by atoms with Crippen molar-refractivity contribution in [2.24, 2.45) is 0 Å². The minimum absolute atomic E-state index is 0.0114. The summed E-state index contributed by atoms with van der Waals surface area (Å²) in [7, 11) is 1.59. The summed E-state index contributed by atoms with van der Waals surface area (Å²) in [4.78, 5) is 11.8. The summed E-state index contributed by atoms with van der Waals surface area (Å²) in [6.45, 7) is 6.20. The summed E-state index contributed by atoms with van der Waals surface area (Å²) in [5.41, 5.74) is 1.09. The molecule has 1 N–H and O–H groups in total. The highest BCUT2D eigenvalue weighted by Crippen LogP contribution is 2.27. The third kappa shape index (κ3) is 6.52. The number of carbonyl (C=O) groups is 1. The van der Waals surface area contributed by atoms with Gasteiger partial charge in [-0.25, -0.2) is 0 Å². The van der Waals surface area contributed by atoms with Crippen LogP contribution >= 0.6 is 0 Å². The lowest BCUT2D eigenvalue weighted by Gasteiger charge is -2.15. The minimum Gasteiger partial charge on any atom is -0.493 e. The first-order valence-electron chi connectivity index (χ1n) is 7.63. The lowest BCUT2D eigenvalue weighted by molar-refractivity contribution is -0.123. The average Bonchev–Trinajstić information content (AvgIpc) is 2.46. The monoisotopic (exact) mass is 293 g/mol. The second kappa shape index (κ2) is 9.27. The third-order valence-electron chi connectivity index (χ3n) is 3.33. The topological polar surface area (TPSA) is 47.6 Å². The molecule has 1 rings (SSSR count). The van der Waals surface area contributed by atoms with Crippen molar-refractivity contribution in [2.75, 3.05) is 13.7 Å². The molecule has 0 radical (unpaired) electrons. The zero-order valence-corrected chi connectivity index (χ0v) is 13.6. The van der Waals surface area contributed by atoms with E-state index in [2.05, 4.69) is 12.2 Å². The average molecular weight is 293 g/mol. The van der Waals surface area contributed by atoms with E-state index in [9.17, 15) is 4.79 Å². The lowest BCUT2D eigenvalue weighted by atomic mass is 10.1. The van der Waals surface area contributed by atoms with Gasteiger partial charge < -0.3 is 14.8 Å². The van der Waals surface area contributed by atoms with Crippen molar-refractivity contribution in [3.05, 3.63) is 23.8 Å². The van der Waals surface area contributed by atoms with Gasteiger partial charge >= 0.3 is 0 Å². The standard InChI is InChI=1S/C17H27NO3/c1-5-6-7-8-14(3)18-17(19)12-21-15-10-9-13(2)11-16(15)20-4/h9-11,14H,5-8,12H2,1-4H3,(H,18,19). The van der Waals surface area contributed by atoms with Crippen LogP contribution < -0.4 is 14.8 Å². The molecule has 0 aliphatic heterocycles. The number of carbonyl (C=O) groups excluding carboxylic acids is 1. The molecule has 0 spiro atoms. The van der Waals surface area contributed by atoms with E-state index in [1.54, 1.807) is 7.11 Å². The number of hydrogen-bond acceptors (Lipinski definition) is 3. The van der Waals surface area contributed by atoms with E-state index in [1.807, 2.05) is 32.0 Å². The van der Waals surface area contributed by atoms with Crippen LogP contribution in [-0.2, 0) is 4.79 Å². The molecule has 1 atom stereocenters. The van der Waals surface area contributed by atoms with Gasteiger partial charge in [0.1, 0.15) is 0 Å². The first kappa shape index (κ1) is 17.3. The van der Waals surface area contributed by atoms with E-state index in [0.717, 1.165) is 18.4 Å². The molecule has 0 saturated carbocycles. The van der Waals surface area contributed by atoms with Crippen molar-refractivity contribution < 1.29 is 14.3 Å². The number of unbranched alkanes of at least 4 members (excludes halogenated alkanes) is 2. The molecule has 1 aromatic rings. The second-order valence-electron chi connectivity index (χ2n) is 5.41. The Balaban J connectivity index is 2.39. The van der Waals surface area contributed by atoms with Crippen LogP contribution in [0.4, 0.5) is 0 Å². The quantitative estimate of drug-likeness (QED) is 0.709. The van der Waals surface area contributed by atoms with Crippen molar-refractivity contribution in [1.82, 2.24) is 5.32 Å². The fraction of sp³-hybridized carbons (Fsp3) is 0.588. The molecule has 1 aromatic carbocycles. The Morgan fingerprint density at radius 3 is 2.71 bits per heavy atom. The van der Waals surface area contributed by atoms with Crippen LogP contribution in [0.25, 0.3) is 0 Å². The van der Waals surface area contributed by atoms with Crippen LogP contribution in [0.1, 0.15) is 45.1 Å². The molecule has 0 saturated heterocycles. The highest BCUT2D eigenvalue weighted by Gasteiger charge is 2.10. The Bertz CT molecular complexity index is 446. The van der Waals surface area contributed by atoms with Crippen molar-refractivity contribution in [1.29, 1.82) is 0 Å². The summed E-state index contributed by atoms with van der Waals surface area (Å²) in [6.07, 6.45) is 4.55. The number of ether oxygens (including phenoxy) is 2. The predicted octanol–water partition coefficient (Wildman–Crippen LogP) is 3.47. The number of benzene rings is 1. The van der Waals surface area contributed by atoms with Gasteiger partial charge in [-0.15, -0.1) is 0 Å². The van der Waals surface area contributed by atoms with Crippen molar-refractivity contribution in [3.8, 4) is 11.5 Å². The first-order chi connectivity index (χ1) is 10.1. The second-order valence-corrected chi connectivity index (χ2v) is 5.41. The van der Waals surface area contributed by atoms with Gasteiger partial charge in [0.15, 0.2) is 18.1 Å². The number of hydrogen-bond donors (Lipinski definition) is 1. The van der Waals surface area contributed by atoms with Crippen LogP contribution in [0.2, 0.25) is 0 Å². The molecular weight excluding hydrogens is 266 g/mol. The summed E-state index contributed by atoms with van der Waals surface area (Å²) < 4.78 is 10.8. The van der Waals surface area contributed by atoms with Gasteiger partial charge in [0.05, 0.1) is 7.11 Å². The number of rotatable bonds is 9. The number of methoxy groups -OCH3 is 1. The summed E-state index contributed by atoms with van der Waals surface area (Å²) in [5, 5.41) is 2.95. The molecule has 0 heterocycles. The maximum absolute atomic E-state index is 11.8. The maximum atomic E-state index is 11.8. The molecule has 118 valence electrons. The largest absolute Gasteiger partial charge is 0.493 e. The van der Waals surface area contributed by atoms with Crippen molar-refractivity contribution >= 4 is 5.91 Å². The number of amides is 1. The Hall–Kier alpha value is -1.71. The number of aryl methyl sites for hydroxylation is 1. The van der Waals surface area contributed by atoms with Crippen LogP contribution in [0.3, 0.4) is 0 Å². The Kier molecular flexibility index (Phi) is 7.65. The molecule has 0 aromatic heterocycles. The molecule has 0 bridgehead atoms. The van der Waals surface area contributed by atoms with E-state index in [0.29, 0.717) is 11.5 Å². The molecule has 21 heavy (non-hydrogen) atoms. The molecule has 0 aliphatic carbocycles. The smallest absolute Gasteiger partial charge is 0.258 e. The highest BCUT2D eigenvalue weighted by molar-refractivity contribution is 5.77. The van der Waals surface area contributed by atoms with E-state index in [4.69, 9.17) is 9.47 Å². The van der Waals surface area contributed by atoms with Gasteiger partial charge in [-0.05, 0) is 38.0 Å². The third-order valence-corrected chi connectivity index (χ3v) is 3.33. The summed E-state index contributed by atoms with van der Waals surface area (Å²) >= 11 is 0. The lowest BCUT2D eigenvalue weighted by Crippen LogP contribution is -2.36. The minimum atomic E-state index is -0.0957. The maximum Gasteiger partial charge on any atom is 0.258 e. The Morgan fingerprint density at radius 1 is 1.29 bits per heavy atom. The van der Waals surface area contributed by atoms with Gasteiger partial charge in [0.25, 0.3) is 5.91 Å². The number of nitrogens with one attached hydrogen (secondary N) is 1. The molecule has 4 nitrogen and oxygen atoms in total. The summed E-state index contributed by atoms with van der Waals surface area (Å²) in [5.74, 6) is 1.15. The zero-order valence-electron chi connectivity index (χ0n) is 13.6. The molecule has 4 heteroatoms. The van der Waals surface area contributed by atoms with E-state index < -0.39 is 0 Å². The van der Waals surface area contributed by atoms with Crippen molar-refractivity contribution in [2.45, 2.75) is 52.5 Å². The first-order valence-corrected chi connectivity index (χ1v) is 7.63. The normalized spacial score (nSPS) is 11.8. The van der Waals surface area contributed by atoms with Gasteiger partial charge in [-0.1, -0.05) is 32.3 Å². The van der Waals surface area contributed by atoms with Crippen LogP contribution in [0.15, 0.2) is 18.2 Å². The van der Waals surface area contributed by atoms with E-state index >= 15 is 0 Å². The van der Waals surface area contributed by atoms with Gasteiger partial charge in [-0.3, -0.25) is 4.79 Å². The molecule has 0 fully saturated rings.